The van der Waals surface area contributed by atoms with Gasteiger partial charge in [0.2, 0.25) is 0 Å². The van der Waals surface area contributed by atoms with E-state index in [4.69, 9.17) is 16.3 Å². The number of hydrogen-bond acceptors (Lipinski definition) is 1. The smallest absolute Gasteiger partial charge is 0.119 e. The fourth-order valence-corrected chi connectivity index (χ4v) is 2.18. The Kier molecular flexibility index (Phi) is 3.53. The minimum absolute atomic E-state index is 0.405. The maximum Gasteiger partial charge on any atom is 0.119 e. The first kappa shape index (κ1) is 10.8. The summed E-state index contributed by atoms with van der Waals surface area (Å²) in [6.07, 6.45) is 5.35. The summed E-state index contributed by atoms with van der Waals surface area (Å²) in [6.45, 7) is 2.32. The average Bonchev–Trinajstić information content (AvgIpc) is 2.25. The topological polar surface area (TPSA) is 9.23 Å². The molecule has 2 rings (SSSR count). The first-order valence-corrected chi connectivity index (χ1v) is 6.04. The van der Waals surface area contributed by atoms with E-state index in [1.54, 1.807) is 0 Å². The number of halogens is 1. The Bertz CT molecular complexity index is 299. The van der Waals surface area contributed by atoms with Crippen LogP contribution in [0.15, 0.2) is 24.3 Å². The highest BCUT2D eigenvalue weighted by molar-refractivity contribution is 6.30. The van der Waals surface area contributed by atoms with Gasteiger partial charge in [0, 0.05) is 5.02 Å². The Hall–Kier alpha value is -0.690. The lowest BCUT2D eigenvalue weighted by Gasteiger charge is -2.26. The van der Waals surface area contributed by atoms with Crippen LogP contribution in [0.1, 0.15) is 32.6 Å². The van der Waals surface area contributed by atoms with Crippen molar-refractivity contribution in [1.82, 2.24) is 0 Å². The highest BCUT2D eigenvalue weighted by Gasteiger charge is 2.19. The van der Waals surface area contributed by atoms with Crippen LogP contribution in [0.2, 0.25) is 5.02 Å². The molecule has 0 spiro atoms. The van der Waals surface area contributed by atoms with E-state index in [9.17, 15) is 0 Å². The summed E-state index contributed by atoms with van der Waals surface area (Å²) in [4.78, 5) is 0. The third-order valence-electron chi connectivity index (χ3n) is 3.08. The molecule has 0 aromatic heterocycles. The fraction of sp³-hybridized carbons (Fsp3) is 0.538. The summed E-state index contributed by atoms with van der Waals surface area (Å²) in [6, 6.07) is 7.64. The Morgan fingerprint density at radius 3 is 2.27 bits per heavy atom. The van der Waals surface area contributed by atoms with E-state index in [1.165, 1.54) is 25.7 Å². The standard InChI is InChI=1S/C13H17ClO/c1-10-2-6-12(7-3-10)15-13-8-4-11(14)5-9-13/h4-5,8-10,12H,2-3,6-7H2,1H3. The molecule has 1 nitrogen and oxygen atoms in total. The summed E-state index contributed by atoms with van der Waals surface area (Å²) < 4.78 is 5.90. The normalized spacial score (nSPS) is 26.3. The zero-order chi connectivity index (χ0) is 10.7. The third kappa shape index (κ3) is 3.13. The van der Waals surface area contributed by atoms with Gasteiger partial charge in [-0.1, -0.05) is 18.5 Å². The third-order valence-corrected chi connectivity index (χ3v) is 3.33. The quantitative estimate of drug-likeness (QED) is 0.728. The first-order chi connectivity index (χ1) is 7.24. The van der Waals surface area contributed by atoms with Gasteiger partial charge in [-0.05, 0) is 55.9 Å². The molecule has 1 fully saturated rings. The molecule has 0 N–H and O–H groups in total. The minimum atomic E-state index is 0.405. The molecule has 0 saturated heterocycles. The van der Waals surface area contributed by atoms with Crippen LogP contribution in [0, 0.1) is 5.92 Å². The van der Waals surface area contributed by atoms with Gasteiger partial charge in [0.25, 0.3) is 0 Å². The van der Waals surface area contributed by atoms with E-state index in [2.05, 4.69) is 6.92 Å². The maximum atomic E-state index is 5.90. The molecule has 1 aliphatic carbocycles. The number of hydrogen-bond donors (Lipinski definition) is 0. The van der Waals surface area contributed by atoms with Crippen molar-refractivity contribution in [2.75, 3.05) is 0 Å². The van der Waals surface area contributed by atoms with Gasteiger partial charge < -0.3 is 4.74 Å². The molecular formula is C13H17ClO. The molecule has 0 heterocycles. The van der Waals surface area contributed by atoms with Crippen molar-refractivity contribution in [3.63, 3.8) is 0 Å². The minimum Gasteiger partial charge on any atom is -0.490 e. The molecule has 0 amide bonds. The zero-order valence-corrected chi connectivity index (χ0v) is 9.83. The van der Waals surface area contributed by atoms with Gasteiger partial charge in [-0.2, -0.15) is 0 Å². The molecule has 0 atom stereocenters. The molecular weight excluding hydrogens is 208 g/mol. The van der Waals surface area contributed by atoms with Gasteiger partial charge in [0.15, 0.2) is 0 Å². The van der Waals surface area contributed by atoms with E-state index in [0.29, 0.717) is 6.10 Å². The maximum absolute atomic E-state index is 5.90. The van der Waals surface area contributed by atoms with Crippen molar-refractivity contribution < 1.29 is 4.74 Å². The second-order valence-corrected chi connectivity index (χ2v) is 4.89. The van der Waals surface area contributed by atoms with Crippen LogP contribution in [0.4, 0.5) is 0 Å². The van der Waals surface area contributed by atoms with Crippen LogP contribution in [0.5, 0.6) is 5.75 Å². The van der Waals surface area contributed by atoms with Crippen LogP contribution in [-0.2, 0) is 0 Å². The van der Waals surface area contributed by atoms with Crippen LogP contribution >= 0.6 is 11.6 Å². The molecule has 1 aliphatic rings. The molecule has 1 saturated carbocycles. The molecule has 0 bridgehead atoms. The van der Waals surface area contributed by atoms with Crippen molar-refractivity contribution in [3.8, 4) is 5.75 Å². The Morgan fingerprint density at radius 2 is 1.67 bits per heavy atom. The van der Waals surface area contributed by atoms with Gasteiger partial charge in [0.1, 0.15) is 5.75 Å². The van der Waals surface area contributed by atoms with Gasteiger partial charge in [-0.15, -0.1) is 0 Å². The van der Waals surface area contributed by atoms with Crippen molar-refractivity contribution in [3.05, 3.63) is 29.3 Å². The molecule has 1 aromatic rings. The fourth-order valence-electron chi connectivity index (χ4n) is 2.05. The van der Waals surface area contributed by atoms with Crippen molar-refractivity contribution in [2.45, 2.75) is 38.7 Å². The molecule has 2 heteroatoms. The van der Waals surface area contributed by atoms with Crippen LogP contribution in [-0.4, -0.2) is 6.10 Å². The molecule has 82 valence electrons. The van der Waals surface area contributed by atoms with Crippen molar-refractivity contribution >= 4 is 11.6 Å². The van der Waals surface area contributed by atoms with E-state index in [-0.39, 0.29) is 0 Å². The average molecular weight is 225 g/mol. The number of ether oxygens (including phenoxy) is 1. The Labute approximate surface area is 96.4 Å². The second-order valence-electron chi connectivity index (χ2n) is 4.45. The highest BCUT2D eigenvalue weighted by atomic mass is 35.5. The van der Waals surface area contributed by atoms with Gasteiger partial charge in [-0.3, -0.25) is 0 Å². The summed E-state index contributed by atoms with van der Waals surface area (Å²) in [7, 11) is 0. The van der Waals surface area contributed by atoms with E-state index in [1.807, 2.05) is 24.3 Å². The number of benzene rings is 1. The predicted octanol–water partition coefficient (Wildman–Crippen LogP) is 4.30. The summed E-state index contributed by atoms with van der Waals surface area (Å²) in [5, 5.41) is 0.764. The van der Waals surface area contributed by atoms with Gasteiger partial charge in [0.05, 0.1) is 6.10 Å². The Balaban J connectivity index is 1.89. The molecule has 0 unspecified atom stereocenters. The SMILES string of the molecule is CC1CCC(Oc2ccc(Cl)cc2)CC1. The van der Waals surface area contributed by atoms with Crippen molar-refractivity contribution in [1.29, 1.82) is 0 Å². The lowest BCUT2D eigenvalue weighted by atomic mass is 9.89. The van der Waals surface area contributed by atoms with E-state index in [0.717, 1.165) is 16.7 Å². The molecule has 1 aromatic carbocycles. The van der Waals surface area contributed by atoms with E-state index >= 15 is 0 Å². The summed E-state index contributed by atoms with van der Waals surface area (Å²) in [5.74, 6) is 1.81. The lowest BCUT2D eigenvalue weighted by molar-refractivity contribution is 0.135. The molecule has 0 aliphatic heterocycles. The summed E-state index contributed by atoms with van der Waals surface area (Å²) in [5.41, 5.74) is 0. The Morgan fingerprint density at radius 1 is 1.07 bits per heavy atom. The second kappa shape index (κ2) is 4.89. The van der Waals surface area contributed by atoms with E-state index < -0.39 is 0 Å². The largest absolute Gasteiger partial charge is 0.490 e. The number of rotatable bonds is 2. The zero-order valence-electron chi connectivity index (χ0n) is 9.08. The predicted molar refractivity (Wildman–Crippen MR) is 63.5 cm³/mol. The monoisotopic (exact) mass is 224 g/mol. The highest BCUT2D eigenvalue weighted by Crippen LogP contribution is 2.27. The first-order valence-electron chi connectivity index (χ1n) is 5.66. The van der Waals surface area contributed by atoms with Crippen molar-refractivity contribution in [2.24, 2.45) is 5.92 Å². The lowest BCUT2D eigenvalue weighted by Crippen LogP contribution is -2.22. The summed E-state index contributed by atoms with van der Waals surface area (Å²) >= 11 is 5.82. The molecule has 0 radical (unpaired) electrons. The van der Waals surface area contributed by atoms with Crippen LogP contribution in [0.25, 0.3) is 0 Å². The van der Waals surface area contributed by atoms with Crippen LogP contribution < -0.4 is 4.74 Å². The molecule has 15 heavy (non-hydrogen) atoms. The van der Waals surface area contributed by atoms with Gasteiger partial charge >= 0.3 is 0 Å². The van der Waals surface area contributed by atoms with Crippen LogP contribution in [0.3, 0.4) is 0 Å². The van der Waals surface area contributed by atoms with Gasteiger partial charge in [-0.25, -0.2) is 0 Å².